The normalized spacial score (nSPS) is 23.5. The van der Waals surface area contributed by atoms with E-state index in [4.69, 9.17) is 0 Å². The first kappa shape index (κ1) is 12.2. The van der Waals surface area contributed by atoms with Crippen molar-refractivity contribution in [2.24, 2.45) is 7.05 Å². The first-order chi connectivity index (χ1) is 7.99. The first-order valence-corrected chi connectivity index (χ1v) is 7.30. The van der Waals surface area contributed by atoms with E-state index in [1.807, 2.05) is 0 Å². The molecule has 17 heavy (non-hydrogen) atoms. The fourth-order valence-corrected chi connectivity index (χ4v) is 3.99. The largest absolute Gasteiger partial charge is 0.298 e. The third-order valence-corrected chi connectivity index (χ3v) is 5.17. The number of carbonyl (C=O) groups excluding carboxylic acids is 1. The quantitative estimate of drug-likeness (QED) is 0.755. The van der Waals surface area contributed by atoms with Gasteiger partial charge in [-0.2, -0.15) is 0 Å². The van der Waals surface area contributed by atoms with Gasteiger partial charge in [0.05, 0.1) is 17.9 Å². The fraction of sp³-hybridized carbons (Fsp3) is 0.700. The molecule has 2 heterocycles. The van der Waals surface area contributed by atoms with Crippen LogP contribution < -0.4 is 0 Å². The monoisotopic (exact) mass is 257 g/mol. The van der Waals surface area contributed by atoms with Crippen LogP contribution >= 0.6 is 0 Å². The van der Waals surface area contributed by atoms with Gasteiger partial charge in [-0.05, 0) is 12.8 Å². The second-order valence-electron chi connectivity index (χ2n) is 4.38. The van der Waals surface area contributed by atoms with Crippen molar-refractivity contribution in [1.29, 1.82) is 0 Å². The van der Waals surface area contributed by atoms with E-state index in [0.717, 1.165) is 6.42 Å². The Hall–Kier alpha value is -1.24. The van der Waals surface area contributed by atoms with Crippen molar-refractivity contribution in [2.45, 2.75) is 30.9 Å². The highest BCUT2D eigenvalue weighted by Crippen LogP contribution is 2.21. The van der Waals surface area contributed by atoms with Crippen LogP contribution in [-0.2, 0) is 28.1 Å². The van der Waals surface area contributed by atoms with Crippen LogP contribution in [0.5, 0.6) is 0 Å². The van der Waals surface area contributed by atoms with E-state index in [1.165, 1.54) is 4.68 Å². The molecular weight excluding hydrogens is 242 g/mol. The summed E-state index contributed by atoms with van der Waals surface area (Å²) in [7, 11) is -1.53. The maximum atomic E-state index is 11.9. The molecule has 1 saturated heterocycles. The Balaban J connectivity index is 2.09. The van der Waals surface area contributed by atoms with E-state index >= 15 is 0 Å². The summed E-state index contributed by atoms with van der Waals surface area (Å²) >= 11 is 0. The van der Waals surface area contributed by atoms with Gasteiger partial charge in [-0.3, -0.25) is 9.48 Å². The van der Waals surface area contributed by atoms with Crippen molar-refractivity contribution in [1.82, 2.24) is 15.0 Å². The Labute approximate surface area is 99.9 Å². The molecule has 0 amide bonds. The molecule has 1 aromatic rings. The van der Waals surface area contributed by atoms with Crippen LogP contribution in [0.2, 0.25) is 0 Å². The summed E-state index contributed by atoms with van der Waals surface area (Å²) in [6.45, 7) is 0. The number of aryl methyl sites for hydroxylation is 1. The minimum atomic E-state index is -3.24. The van der Waals surface area contributed by atoms with E-state index in [-0.39, 0.29) is 18.0 Å². The molecular formula is C10H15N3O3S. The van der Waals surface area contributed by atoms with Crippen molar-refractivity contribution < 1.29 is 13.2 Å². The molecule has 0 radical (unpaired) electrons. The van der Waals surface area contributed by atoms with Crippen LogP contribution in [-0.4, -0.2) is 40.2 Å². The van der Waals surface area contributed by atoms with Crippen LogP contribution in [0.25, 0.3) is 0 Å². The molecule has 1 aliphatic rings. The number of carbonyl (C=O) groups is 1. The van der Waals surface area contributed by atoms with Crippen molar-refractivity contribution in [3.8, 4) is 0 Å². The van der Waals surface area contributed by atoms with E-state index in [9.17, 15) is 13.2 Å². The molecule has 0 spiro atoms. The zero-order valence-electron chi connectivity index (χ0n) is 9.66. The highest BCUT2D eigenvalue weighted by atomic mass is 32.2. The van der Waals surface area contributed by atoms with E-state index in [0.29, 0.717) is 18.5 Å². The van der Waals surface area contributed by atoms with Crippen molar-refractivity contribution in [3.63, 3.8) is 0 Å². The van der Waals surface area contributed by atoms with Crippen molar-refractivity contribution in [2.75, 3.05) is 5.75 Å². The van der Waals surface area contributed by atoms with Gasteiger partial charge in [-0.1, -0.05) is 11.6 Å². The Bertz CT molecular complexity index is 521. The third kappa shape index (κ3) is 2.71. The van der Waals surface area contributed by atoms with Crippen molar-refractivity contribution in [3.05, 3.63) is 11.9 Å². The molecule has 1 atom stereocenters. The molecule has 6 nitrogen and oxygen atoms in total. The van der Waals surface area contributed by atoms with Gasteiger partial charge in [0.25, 0.3) is 0 Å². The fourth-order valence-electron chi connectivity index (χ4n) is 2.08. The van der Waals surface area contributed by atoms with Gasteiger partial charge in [0.1, 0.15) is 5.25 Å². The smallest absolute Gasteiger partial charge is 0.160 e. The number of sulfone groups is 1. The number of hydrogen-bond acceptors (Lipinski definition) is 5. The lowest BCUT2D eigenvalue weighted by Crippen LogP contribution is -2.36. The lowest BCUT2D eigenvalue weighted by atomic mass is 10.1. The SMILES string of the molecule is Cn1cc(CC(=O)C2CCCCS2(=O)=O)nn1. The van der Waals surface area contributed by atoms with Gasteiger partial charge in [-0.15, -0.1) is 5.10 Å². The van der Waals surface area contributed by atoms with E-state index in [2.05, 4.69) is 10.3 Å². The summed E-state index contributed by atoms with van der Waals surface area (Å²) in [5.41, 5.74) is 0.526. The number of ketones is 1. The lowest BCUT2D eigenvalue weighted by molar-refractivity contribution is -0.118. The first-order valence-electron chi connectivity index (χ1n) is 5.58. The minimum Gasteiger partial charge on any atom is -0.298 e. The Morgan fingerprint density at radius 1 is 1.53 bits per heavy atom. The molecule has 0 aromatic carbocycles. The maximum Gasteiger partial charge on any atom is 0.160 e. The summed E-state index contributed by atoms with van der Waals surface area (Å²) in [5.74, 6) is -0.130. The van der Waals surface area contributed by atoms with Gasteiger partial charge in [0, 0.05) is 13.2 Å². The van der Waals surface area contributed by atoms with Crippen LogP contribution in [0.1, 0.15) is 25.0 Å². The van der Waals surface area contributed by atoms with Crippen LogP contribution in [0.15, 0.2) is 6.20 Å². The second-order valence-corrected chi connectivity index (χ2v) is 6.68. The number of nitrogens with zero attached hydrogens (tertiary/aromatic N) is 3. The predicted octanol–water partition coefficient (Wildman–Crippen LogP) is -0.106. The second kappa shape index (κ2) is 4.56. The summed E-state index contributed by atoms with van der Waals surface area (Å²) in [5, 5.41) is 6.68. The number of aromatic nitrogens is 3. The molecule has 0 aliphatic carbocycles. The summed E-state index contributed by atoms with van der Waals surface area (Å²) < 4.78 is 25.0. The van der Waals surface area contributed by atoms with Crippen molar-refractivity contribution >= 4 is 15.6 Å². The average molecular weight is 257 g/mol. The lowest BCUT2D eigenvalue weighted by Gasteiger charge is -2.20. The average Bonchev–Trinajstić information content (AvgIpc) is 2.63. The van der Waals surface area contributed by atoms with Gasteiger partial charge < -0.3 is 0 Å². The number of hydrogen-bond donors (Lipinski definition) is 0. The topological polar surface area (TPSA) is 81.9 Å². The van der Waals surface area contributed by atoms with Crippen LogP contribution in [0.4, 0.5) is 0 Å². The minimum absolute atomic E-state index is 0.0533. The molecule has 2 rings (SSSR count). The molecule has 94 valence electrons. The maximum absolute atomic E-state index is 11.9. The molecule has 7 heteroatoms. The van der Waals surface area contributed by atoms with Gasteiger partial charge in [0.15, 0.2) is 15.6 Å². The molecule has 1 unspecified atom stereocenters. The zero-order chi connectivity index (χ0) is 12.5. The summed E-state index contributed by atoms with van der Waals surface area (Å²) in [6.07, 6.45) is 3.60. The van der Waals surface area contributed by atoms with Crippen LogP contribution in [0, 0.1) is 0 Å². The summed E-state index contributed by atoms with van der Waals surface area (Å²) in [4.78, 5) is 11.9. The number of Topliss-reactive ketones (excluding diaryl/α,β-unsaturated/α-hetero) is 1. The highest BCUT2D eigenvalue weighted by molar-refractivity contribution is 7.92. The Kier molecular flexibility index (Phi) is 3.28. The standard InChI is InChI=1S/C10H15N3O3S/c1-13-7-8(11-12-13)6-9(14)10-4-2-3-5-17(10,15)16/h7,10H,2-6H2,1H3. The molecule has 1 fully saturated rings. The van der Waals surface area contributed by atoms with Crippen LogP contribution in [0.3, 0.4) is 0 Å². The number of rotatable bonds is 3. The van der Waals surface area contributed by atoms with Gasteiger partial charge in [0.2, 0.25) is 0 Å². The van der Waals surface area contributed by atoms with Gasteiger partial charge in [-0.25, -0.2) is 8.42 Å². The van der Waals surface area contributed by atoms with Gasteiger partial charge >= 0.3 is 0 Å². The molecule has 0 bridgehead atoms. The predicted molar refractivity (Wildman–Crippen MR) is 61.1 cm³/mol. The van der Waals surface area contributed by atoms with E-state index < -0.39 is 15.1 Å². The highest BCUT2D eigenvalue weighted by Gasteiger charge is 2.34. The molecule has 1 aromatic heterocycles. The Morgan fingerprint density at radius 3 is 2.88 bits per heavy atom. The molecule has 0 N–H and O–H groups in total. The molecule has 0 saturated carbocycles. The third-order valence-electron chi connectivity index (χ3n) is 2.94. The zero-order valence-corrected chi connectivity index (χ0v) is 10.5. The Morgan fingerprint density at radius 2 is 2.29 bits per heavy atom. The van der Waals surface area contributed by atoms with E-state index in [1.54, 1.807) is 13.2 Å². The summed E-state index contributed by atoms with van der Waals surface area (Å²) in [6, 6.07) is 0. The molecule has 1 aliphatic heterocycles.